The van der Waals surface area contributed by atoms with E-state index in [1.165, 1.54) is 0 Å². The maximum Gasteiger partial charge on any atom is 0.254 e. The lowest BCUT2D eigenvalue weighted by Crippen LogP contribution is -2.48. The van der Waals surface area contributed by atoms with E-state index in [1.807, 2.05) is 40.6 Å². The molecule has 1 aliphatic heterocycles. The molecule has 0 aliphatic carbocycles. The molecular formula is C21H26N2O3S. The van der Waals surface area contributed by atoms with Crippen molar-refractivity contribution >= 4 is 23.2 Å². The monoisotopic (exact) mass is 386 g/mol. The van der Waals surface area contributed by atoms with Crippen LogP contribution in [0.25, 0.3) is 0 Å². The molecule has 3 rings (SSSR count). The van der Waals surface area contributed by atoms with Crippen LogP contribution in [0.3, 0.4) is 0 Å². The number of fused-ring (bicyclic) bond motifs is 1. The summed E-state index contributed by atoms with van der Waals surface area (Å²) in [5.74, 6) is -0.418. The van der Waals surface area contributed by atoms with Crippen molar-refractivity contribution in [1.29, 1.82) is 0 Å². The van der Waals surface area contributed by atoms with Crippen LogP contribution in [0.15, 0.2) is 41.8 Å². The average molecular weight is 387 g/mol. The predicted octanol–water partition coefficient (Wildman–Crippen LogP) is 3.18. The van der Waals surface area contributed by atoms with E-state index >= 15 is 0 Å². The van der Waals surface area contributed by atoms with Crippen molar-refractivity contribution in [3.05, 3.63) is 57.8 Å². The van der Waals surface area contributed by atoms with Crippen LogP contribution < -0.4 is 5.32 Å². The largest absolute Gasteiger partial charge is 0.392 e. The summed E-state index contributed by atoms with van der Waals surface area (Å²) in [5, 5.41) is 14.4. The fraction of sp³-hybridized carbons (Fsp3) is 0.429. The highest BCUT2D eigenvalue weighted by Crippen LogP contribution is 2.44. The fourth-order valence-corrected chi connectivity index (χ4v) is 4.48. The number of nitrogens with zero attached hydrogens (tertiary/aromatic N) is 1. The number of carbonyl (C=O) groups excluding carboxylic acids is 2. The van der Waals surface area contributed by atoms with Crippen LogP contribution in [0, 0.1) is 5.92 Å². The highest BCUT2D eigenvalue weighted by Gasteiger charge is 2.44. The lowest BCUT2D eigenvalue weighted by Gasteiger charge is -2.42. The highest BCUT2D eigenvalue weighted by atomic mass is 32.1. The first-order valence-electron chi connectivity index (χ1n) is 9.29. The van der Waals surface area contributed by atoms with Crippen molar-refractivity contribution in [1.82, 2.24) is 10.2 Å². The summed E-state index contributed by atoms with van der Waals surface area (Å²) < 4.78 is 0. The van der Waals surface area contributed by atoms with Crippen molar-refractivity contribution in [3.8, 4) is 0 Å². The number of hydrogen-bond donors (Lipinski definition) is 2. The van der Waals surface area contributed by atoms with E-state index in [0.29, 0.717) is 12.1 Å². The minimum absolute atomic E-state index is 0.0303. The molecule has 2 N–H and O–H groups in total. The van der Waals surface area contributed by atoms with Crippen LogP contribution in [0.1, 0.15) is 53.5 Å². The molecule has 1 aromatic carbocycles. The lowest BCUT2D eigenvalue weighted by molar-refractivity contribution is -0.124. The Hall–Kier alpha value is -2.18. The third-order valence-corrected chi connectivity index (χ3v) is 5.63. The summed E-state index contributed by atoms with van der Waals surface area (Å²) in [6.07, 6.45) is -0.624. The second kappa shape index (κ2) is 8.23. The standard InChI is InChI=1S/C21H26N2O3S/c1-13(2)12-23-19(17-9-6-10-27-17)18(20(25)22-11-14(3)24)15-7-4-5-8-16(15)21(23)26/h4-10,13-14,18-19,24H,11-12H2,1-3H3,(H,22,25)/t14-,18-,19+/m0/s1. The van der Waals surface area contributed by atoms with Gasteiger partial charge < -0.3 is 15.3 Å². The van der Waals surface area contributed by atoms with Gasteiger partial charge in [-0.3, -0.25) is 9.59 Å². The Kier molecular flexibility index (Phi) is 5.97. The Labute approximate surface area is 164 Å². The molecule has 0 unspecified atom stereocenters. The summed E-state index contributed by atoms with van der Waals surface area (Å²) in [5.41, 5.74) is 1.34. The van der Waals surface area contributed by atoms with E-state index in [4.69, 9.17) is 0 Å². The molecule has 5 nitrogen and oxygen atoms in total. The summed E-state index contributed by atoms with van der Waals surface area (Å²) >= 11 is 1.56. The molecule has 2 heterocycles. The Morgan fingerprint density at radius 1 is 1.22 bits per heavy atom. The van der Waals surface area contributed by atoms with Gasteiger partial charge in [-0.05, 0) is 35.9 Å². The van der Waals surface area contributed by atoms with Crippen molar-refractivity contribution < 1.29 is 14.7 Å². The van der Waals surface area contributed by atoms with Crippen LogP contribution >= 0.6 is 11.3 Å². The van der Waals surface area contributed by atoms with E-state index in [-0.39, 0.29) is 30.3 Å². The van der Waals surface area contributed by atoms with Gasteiger partial charge in [0.05, 0.1) is 18.1 Å². The van der Waals surface area contributed by atoms with Crippen molar-refractivity contribution in [2.75, 3.05) is 13.1 Å². The smallest absolute Gasteiger partial charge is 0.254 e. The second-order valence-corrected chi connectivity index (χ2v) is 8.45. The Morgan fingerprint density at radius 3 is 2.59 bits per heavy atom. The van der Waals surface area contributed by atoms with Gasteiger partial charge in [-0.15, -0.1) is 11.3 Å². The average Bonchev–Trinajstić information content (AvgIpc) is 3.15. The molecule has 144 valence electrons. The third-order valence-electron chi connectivity index (χ3n) is 4.69. The van der Waals surface area contributed by atoms with Crippen LogP contribution in [0.2, 0.25) is 0 Å². The van der Waals surface area contributed by atoms with Crippen molar-refractivity contribution in [2.24, 2.45) is 5.92 Å². The number of rotatable bonds is 6. The van der Waals surface area contributed by atoms with Crippen molar-refractivity contribution in [2.45, 2.75) is 38.8 Å². The highest BCUT2D eigenvalue weighted by molar-refractivity contribution is 7.10. The predicted molar refractivity (Wildman–Crippen MR) is 107 cm³/mol. The normalized spacial score (nSPS) is 20.5. The first-order valence-corrected chi connectivity index (χ1v) is 10.2. The van der Waals surface area contributed by atoms with Gasteiger partial charge in [-0.25, -0.2) is 0 Å². The maximum atomic E-state index is 13.3. The SMILES string of the molecule is CC(C)CN1C(=O)c2ccccc2[C@H](C(=O)NC[C@H](C)O)[C@H]1c1cccs1. The number of nitrogens with one attached hydrogen (secondary N) is 1. The molecule has 0 spiro atoms. The van der Waals surface area contributed by atoms with E-state index in [1.54, 1.807) is 24.3 Å². The van der Waals surface area contributed by atoms with Crippen molar-refractivity contribution in [3.63, 3.8) is 0 Å². The molecule has 0 saturated carbocycles. The molecule has 1 aromatic heterocycles. The van der Waals surface area contributed by atoms with Crippen LogP contribution in [-0.2, 0) is 4.79 Å². The molecule has 0 saturated heterocycles. The number of benzene rings is 1. The van der Waals surface area contributed by atoms with Gasteiger partial charge in [0.25, 0.3) is 5.91 Å². The molecule has 2 amide bonds. The number of aliphatic hydroxyl groups is 1. The molecule has 1 aliphatic rings. The van der Waals surface area contributed by atoms with E-state index < -0.39 is 12.0 Å². The number of amides is 2. The zero-order valence-electron chi connectivity index (χ0n) is 15.9. The minimum Gasteiger partial charge on any atom is -0.392 e. The summed E-state index contributed by atoms with van der Waals surface area (Å²) in [4.78, 5) is 29.2. The Bertz CT molecular complexity index is 802. The maximum absolute atomic E-state index is 13.3. The molecule has 2 aromatic rings. The van der Waals surface area contributed by atoms with E-state index in [2.05, 4.69) is 19.2 Å². The molecule has 0 radical (unpaired) electrons. The van der Waals surface area contributed by atoms with Gasteiger partial charge >= 0.3 is 0 Å². The van der Waals surface area contributed by atoms with Gasteiger partial charge in [-0.1, -0.05) is 38.1 Å². The first-order chi connectivity index (χ1) is 12.9. The second-order valence-electron chi connectivity index (χ2n) is 7.47. The minimum atomic E-state index is -0.624. The molecule has 27 heavy (non-hydrogen) atoms. The molecule has 6 heteroatoms. The number of thiophene rings is 1. The van der Waals surface area contributed by atoms with Gasteiger partial charge in [0.2, 0.25) is 5.91 Å². The quantitative estimate of drug-likeness (QED) is 0.801. The fourth-order valence-electron chi connectivity index (χ4n) is 3.60. The molecular weight excluding hydrogens is 360 g/mol. The topological polar surface area (TPSA) is 69.6 Å². The zero-order valence-corrected chi connectivity index (χ0v) is 16.7. The van der Waals surface area contributed by atoms with E-state index in [0.717, 1.165) is 10.4 Å². The van der Waals surface area contributed by atoms with Crippen LogP contribution in [0.5, 0.6) is 0 Å². The number of hydrogen-bond acceptors (Lipinski definition) is 4. The number of carbonyl (C=O) groups is 2. The lowest BCUT2D eigenvalue weighted by atomic mass is 9.81. The summed E-state index contributed by atoms with van der Waals surface area (Å²) in [7, 11) is 0. The van der Waals surface area contributed by atoms with Gasteiger partial charge in [0.15, 0.2) is 0 Å². The first kappa shape index (κ1) is 19.6. The molecule has 0 fully saturated rings. The third kappa shape index (κ3) is 4.06. The van der Waals surface area contributed by atoms with Gasteiger partial charge in [0.1, 0.15) is 0 Å². The molecule has 3 atom stereocenters. The van der Waals surface area contributed by atoms with Crippen LogP contribution in [0.4, 0.5) is 0 Å². The Morgan fingerprint density at radius 2 is 1.96 bits per heavy atom. The Balaban J connectivity index is 2.10. The zero-order chi connectivity index (χ0) is 19.6. The van der Waals surface area contributed by atoms with Crippen LogP contribution in [-0.4, -0.2) is 41.0 Å². The number of aliphatic hydroxyl groups excluding tert-OH is 1. The van der Waals surface area contributed by atoms with E-state index in [9.17, 15) is 14.7 Å². The van der Waals surface area contributed by atoms with Gasteiger partial charge in [-0.2, -0.15) is 0 Å². The molecule has 0 bridgehead atoms. The summed E-state index contributed by atoms with van der Waals surface area (Å²) in [6, 6.07) is 11.0. The van der Waals surface area contributed by atoms with Gasteiger partial charge in [0, 0.05) is 23.5 Å². The summed E-state index contributed by atoms with van der Waals surface area (Å²) in [6.45, 7) is 6.55.